The summed E-state index contributed by atoms with van der Waals surface area (Å²) < 4.78 is 11.4. The molecule has 0 bridgehead atoms. The van der Waals surface area contributed by atoms with Gasteiger partial charge in [0.05, 0.1) is 13.2 Å². The molecule has 2 N–H and O–H groups in total. The van der Waals surface area contributed by atoms with Gasteiger partial charge in [0, 0.05) is 10.8 Å². The van der Waals surface area contributed by atoms with E-state index in [0.717, 1.165) is 61.0 Å². The van der Waals surface area contributed by atoms with E-state index < -0.39 is 5.60 Å². The van der Waals surface area contributed by atoms with Gasteiger partial charge in [-0.2, -0.15) is 0 Å². The maximum absolute atomic E-state index is 12.1. The van der Waals surface area contributed by atoms with Crippen molar-refractivity contribution in [1.29, 1.82) is 0 Å². The summed E-state index contributed by atoms with van der Waals surface area (Å²) in [5.74, 6) is 0.807. The molecule has 0 spiro atoms. The third kappa shape index (κ3) is 5.01. The van der Waals surface area contributed by atoms with E-state index in [1.54, 1.807) is 11.3 Å². The van der Waals surface area contributed by atoms with Crippen LogP contribution in [0.3, 0.4) is 0 Å². The van der Waals surface area contributed by atoms with Gasteiger partial charge in [0.15, 0.2) is 0 Å². The topological polar surface area (TPSA) is 43.1 Å². The zero-order valence-corrected chi connectivity index (χ0v) is 18.9. The van der Waals surface area contributed by atoms with Gasteiger partial charge in [0.25, 0.3) is 0 Å². The first-order valence-electron chi connectivity index (χ1n) is 11.2. The molecule has 1 aliphatic heterocycles. The van der Waals surface area contributed by atoms with Gasteiger partial charge >= 0.3 is 0 Å². The van der Waals surface area contributed by atoms with Gasteiger partial charge in [-0.15, -0.1) is 11.3 Å². The second-order valence-electron chi connectivity index (χ2n) is 8.10. The van der Waals surface area contributed by atoms with Gasteiger partial charge in [-0.1, -0.05) is 55.5 Å². The van der Waals surface area contributed by atoms with E-state index in [-0.39, 0.29) is 5.92 Å². The van der Waals surface area contributed by atoms with Crippen molar-refractivity contribution in [2.75, 3.05) is 39.5 Å². The fraction of sp³-hybridized carbons (Fsp3) is 0.385. The highest BCUT2D eigenvalue weighted by atomic mass is 32.1. The molecule has 0 aliphatic carbocycles. The third-order valence-electron chi connectivity index (χ3n) is 6.23. The molecule has 2 heterocycles. The molecule has 2 atom stereocenters. The number of morpholine rings is 1. The lowest BCUT2D eigenvalue weighted by atomic mass is 9.75. The summed E-state index contributed by atoms with van der Waals surface area (Å²) in [5, 5.41) is 14.2. The van der Waals surface area contributed by atoms with E-state index in [9.17, 15) is 5.11 Å². The minimum Gasteiger partial charge on any atom is -0.488 e. The molecule has 0 saturated carbocycles. The summed E-state index contributed by atoms with van der Waals surface area (Å²) in [6, 6.07) is 22.4. The summed E-state index contributed by atoms with van der Waals surface area (Å²) >= 11 is 1.60. The maximum Gasteiger partial charge on any atom is 0.137 e. The lowest BCUT2D eigenvalue weighted by molar-refractivity contribution is -0.908. The maximum atomic E-state index is 12.1. The Bertz CT molecular complexity index is 908. The molecule has 5 heteroatoms. The number of hydrogen-bond donors (Lipinski definition) is 2. The van der Waals surface area contributed by atoms with Crippen molar-refractivity contribution >= 4 is 11.3 Å². The molecule has 2 aromatic carbocycles. The second-order valence-corrected chi connectivity index (χ2v) is 9.05. The summed E-state index contributed by atoms with van der Waals surface area (Å²) in [7, 11) is 0. The number of ether oxygens (including phenoxy) is 2. The van der Waals surface area contributed by atoms with Crippen molar-refractivity contribution in [2.45, 2.75) is 24.9 Å². The molecule has 0 amide bonds. The summed E-state index contributed by atoms with van der Waals surface area (Å²) in [6.45, 7) is 7.59. The Hall–Kier alpha value is -2.18. The Balaban J connectivity index is 1.53. The van der Waals surface area contributed by atoms with Gasteiger partial charge in [-0.25, -0.2) is 0 Å². The first-order valence-corrected chi connectivity index (χ1v) is 12.1. The quantitative estimate of drug-likeness (QED) is 0.538. The van der Waals surface area contributed by atoms with Crippen molar-refractivity contribution in [3.8, 4) is 5.75 Å². The molecule has 31 heavy (non-hydrogen) atoms. The predicted octanol–water partition coefficient (Wildman–Crippen LogP) is 3.47. The highest BCUT2D eigenvalue weighted by molar-refractivity contribution is 7.10. The first-order chi connectivity index (χ1) is 15.2. The molecule has 1 aromatic heterocycles. The Labute approximate surface area is 189 Å². The molecule has 3 aromatic rings. The van der Waals surface area contributed by atoms with Gasteiger partial charge in [-0.05, 0) is 41.1 Å². The van der Waals surface area contributed by atoms with Crippen LogP contribution in [0.2, 0.25) is 0 Å². The minimum atomic E-state index is -1.08. The van der Waals surface area contributed by atoms with E-state index in [0.29, 0.717) is 6.61 Å². The molecule has 0 radical (unpaired) electrons. The molecule has 1 aliphatic rings. The molecular weight excluding hydrogens is 406 g/mol. The summed E-state index contributed by atoms with van der Waals surface area (Å²) in [6.07, 6.45) is 0.832. The normalized spacial score (nSPS) is 17.7. The van der Waals surface area contributed by atoms with Crippen LogP contribution in [0.1, 0.15) is 35.3 Å². The Kier molecular flexibility index (Phi) is 7.41. The van der Waals surface area contributed by atoms with E-state index in [2.05, 4.69) is 19.1 Å². The average Bonchev–Trinajstić information content (AvgIpc) is 3.37. The first kappa shape index (κ1) is 22.0. The Morgan fingerprint density at radius 1 is 1.03 bits per heavy atom. The van der Waals surface area contributed by atoms with Crippen LogP contribution in [0.5, 0.6) is 5.75 Å². The van der Waals surface area contributed by atoms with Crippen LogP contribution in [0.4, 0.5) is 0 Å². The molecule has 4 rings (SSSR count). The molecule has 1 saturated heterocycles. The molecule has 0 unspecified atom stereocenters. The van der Waals surface area contributed by atoms with Crippen molar-refractivity contribution in [3.63, 3.8) is 0 Å². The smallest absolute Gasteiger partial charge is 0.137 e. The summed E-state index contributed by atoms with van der Waals surface area (Å²) in [5.41, 5.74) is 0.965. The van der Waals surface area contributed by atoms with Gasteiger partial charge < -0.3 is 19.5 Å². The van der Waals surface area contributed by atoms with E-state index in [1.165, 1.54) is 4.90 Å². The number of rotatable bonds is 9. The van der Waals surface area contributed by atoms with Gasteiger partial charge in [0.2, 0.25) is 0 Å². The van der Waals surface area contributed by atoms with Crippen molar-refractivity contribution < 1.29 is 19.5 Å². The predicted molar refractivity (Wildman–Crippen MR) is 125 cm³/mol. The zero-order valence-electron chi connectivity index (χ0n) is 18.1. The lowest BCUT2D eigenvalue weighted by Crippen LogP contribution is -3.14. The number of nitrogens with one attached hydrogen (secondary N) is 1. The second kappa shape index (κ2) is 10.4. The fourth-order valence-corrected chi connectivity index (χ4v) is 5.40. The number of aliphatic hydroxyl groups is 1. The fourth-order valence-electron chi connectivity index (χ4n) is 4.50. The van der Waals surface area contributed by atoms with Crippen LogP contribution in [-0.2, 0) is 10.3 Å². The molecule has 1 fully saturated rings. The molecular formula is C26H32NO3S+. The minimum absolute atomic E-state index is 0.0379. The van der Waals surface area contributed by atoms with E-state index >= 15 is 0 Å². The van der Waals surface area contributed by atoms with Crippen LogP contribution in [-0.4, -0.2) is 44.6 Å². The monoisotopic (exact) mass is 438 g/mol. The number of quaternary nitrogens is 1. The molecule has 4 nitrogen and oxygen atoms in total. The Morgan fingerprint density at radius 2 is 1.77 bits per heavy atom. The number of benzene rings is 2. The van der Waals surface area contributed by atoms with Crippen LogP contribution < -0.4 is 9.64 Å². The number of thiophene rings is 1. The van der Waals surface area contributed by atoms with Crippen LogP contribution in [0.25, 0.3) is 0 Å². The van der Waals surface area contributed by atoms with Crippen LogP contribution in [0.15, 0.2) is 72.1 Å². The highest BCUT2D eigenvalue weighted by Crippen LogP contribution is 2.46. The third-order valence-corrected chi connectivity index (χ3v) is 7.22. The van der Waals surface area contributed by atoms with Crippen molar-refractivity contribution in [2.24, 2.45) is 0 Å². The Morgan fingerprint density at radius 3 is 2.42 bits per heavy atom. The van der Waals surface area contributed by atoms with Gasteiger partial charge in [-0.3, -0.25) is 0 Å². The van der Waals surface area contributed by atoms with E-state index in [1.807, 2.05) is 60.0 Å². The highest BCUT2D eigenvalue weighted by Gasteiger charge is 2.41. The SMILES string of the molecule is CC[C@H](c1ccccc1)[C@](O)(c1ccc(OCC[NH+]2CCOCC2)cc1)c1cccs1. The average molecular weight is 439 g/mol. The summed E-state index contributed by atoms with van der Waals surface area (Å²) in [4.78, 5) is 2.50. The molecule has 164 valence electrons. The van der Waals surface area contributed by atoms with Crippen LogP contribution in [0, 0.1) is 0 Å². The van der Waals surface area contributed by atoms with Gasteiger partial charge in [0.1, 0.15) is 37.6 Å². The zero-order chi connectivity index (χ0) is 21.5. The van der Waals surface area contributed by atoms with E-state index in [4.69, 9.17) is 9.47 Å². The van der Waals surface area contributed by atoms with Crippen LogP contribution >= 0.6 is 11.3 Å². The largest absolute Gasteiger partial charge is 0.488 e. The standard InChI is InChI=1S/C26H31NO3S/c1-2-24(21-7-4-3-5-8-21)26(28,25-9-6-20-31-25)22-10-12-23(13-11-22)30-19-16-27-14-17-29-18-15-27/h3-13,20,24,28H,2,14-19H2,1H3/p+1/t24-,26-/m1/s1. The van der Waals surface area contributed by atoms with Crippen molar-refractivity contribution in [1.82, 2.24) is 0 Å². The lowest BCUT2D eigenvalue weighted by Gasteiger charge is -2.36. The van der Waals surface area contributed by atoms with Crippen molar-refractivity contribution in [3.05, 3.63) is 88.1 Å². The number of hydrogen-bond acceptors (Lipinski definition) is 4.